The summed E-state index contributed by atoms with van der Waals surface area (Å²) in [4.78, 5) is 11.8. The number of pyridine rings is 2. The third kappa shape index (κ3) is 4.35. The fourth-order valence-electron chi connectivity index (χ4n) is 5.77. The predicted molar refractivity (Wildman–Crippen MR) is 147 cm³/mol. The lowest BCUT2D eigenvalue weighted by atomic mass is 9.84. The number of aromatic nitrogens is 3. The minimum Gasteiger partial charge on any atom is -0.390 e. The largest absolute Gasteiger partial charge is 0.390 e. The number of aliphatic hydroxyl groups excluding tert-OH is 1. The SMILES string of the molecule is Cn1ccc2c(-c3ncc(Nc4ccc(N5CCC[C@@H](C(C)(C)O)C5)cn4)c4c3CNC4O)cccc21. The second-order valence-corrected chi connectivity index (χ2v) is 10.8. The van der Waals surface area contributed by atoms with Gasteiger partial charge in [-0.3, -0.25) is 10.3 Å². The Kier molecular flexibility index (Phi) is 5.90. The third-order valence-electron chi connectivity index (χ3n) is 7.95. The molecule has 0 amide bonds. The van der Waals surface area contributed by atoms with E-state index in [0.29, 0.717) is 12.4 Å². The van der Waals surface area contributed by atoms with Crippen LogP contribution in [0.3, 0.4) is 0 Å². The maximum atomic E-state index is 10.8. The molecule has 6 rings (SSSR count). The smallest absolute Gasteiger partial charge is 0.133 e. The molecule has 4 N–H and O–H groups in total. The monoisotopic (exact) mass is 498 g/mol. The highest BCUT2D eigenvalue weighted by Crippen LogP contribution is 2.39. The van der Waals surface area contributed by atoms with Crippen LogP contribution in [-0.4, -0.2) is 43.4 Å². The van der Waals surface area contributed by atoms with Crippen molar-refractivity contribution in [1.82, 2.24) is 19.9 Å². The zero-order chi connectivity index (χ0) is 25.7. The van der Waals surface area contributed by atoms with Crippen LogP contribution in [0.15, 0.2) is 55.0 Å². The van der Waals surface area contributed by atoms with Crippen molar-refractivity contribution < 1.29 is 10.2 Å². The van der Waals surface area contributed by atoms with Gasteiger partial charge in [0.2, 0.25) is 0 Å². The van der Waals surface area contributed by atoms with Crippen LogP contribution in [0.1, 0.15) is 44.0 Å². The Morgan fingerprint density at radius 3 is 2.76 bits per heavy atom. The first-order valence-electron chi connectivity index (χ1n) is 13.0. The lowest BCUT2D eigenvalue weighted by Crippen LogP contribution is -2.44. The third-order valence-corrected chi connectivity index (χ3v) is 7.95. The molecule has 2 aliphatic heterocycles. The second-order valence-electron chi connectivity index (χ2n) is 10.8. The van der Waals surface area contributed by atoms with Gasteiger partial charge in [-0.05, 0) is 51.0 Å². The molecular weight excluding hydrogens is 464 g/mol. The number of benzene rings is 1. The van der Waals surface area contributed by atoms with Crippen LogP contribution in [0.4, 0.5) is 17.2 Å². The maximum Gasteiger partial charge on any atom is 0.133 e. The zero-order valence-electron chi connectivity index (χ0n) is 21.6. The molecule has 0 saturated carbocycles. The van der Waals surface area contributed by atoms with Crippen LogP contribution < -0.4 is 15.5 Å². The van der Waals surface area contributed by atoms with Crippen molar-refractivity contribution in [2.24, 2.45) is 13.0 Å². The molecule has 37 heavy (non-hydrogen) atoms. The fraction of sp³-hybridized carbons (Fsp3) is 0.379. The number of anilines is 3. The molecule has 8 heteroatoms. The summed E-state index contributed by atoms with van der Waals surface area (Å²) in [5.74, 6) is 0.933. The molecule has 1 saturated heterocycles. The summed E-state index contributed by atoms with van der Waals surface area (Å²) in [7, 11) is 2.04. The molecule has 5 heterocycles. The van der Waals surface area contributed by atoms with E-state index in [1.807, 2.05) is 39.2 Å². The summed E-state index contributed by atoms with van der Waals surface area (Å²) in [5.41, 5.74) is 6.01. The van der Waals surface area contributed by atoms with Crippen molar-refractivity contribution in [2.45, 2.75) is 45.1 Å². The van der Waals surface area contributed by atoms with Crippen LogP contribution in [0.5, 0.6) is 0 Å². The van der Waals surface area contributed by atoms with Gasteiger partial charge in [0.1, 0.15) is 12.0 Å². The van der Waals surface area contributed by atoms with Crippen LogP contribution in [0.25, 0.3) is 22.2 Å². The predicted octanol–water partition coefficient (Wildman–Crippen LogP) is 4.46. The zero-order valence-corrected chi connectivity index (χ0v) is 21.6. The summed E-state index contributed by atoms with van der Waals surface area (Å²) in [6.45, 7) is 6.12. The van der Waals surface area contributed by atoms with Crippen LogP contribution in [0, 0.1) is 5.92 Å². The number of aryl methyl sites for hydroxylation is 1. The Morgan fingerprint density at radius 1 is 1.11 bits per heavy atom. The summed E-state index contributed by atoms with van der Waals surface area (Å²) in [6, 6.07) is 12.4. The summed E-state index contributed by atoms with van der Waals surface area (Å²) < 4.78 is 2.10. The van der Waals surface area contributed by atoms with Crippen LogP contribution in [-0.2, 0) is 13.6 Å². The number of hydrogen-bond donors (Lipinski definition) is 4. The number of nitrogens with zero attached hydrogens (tertiary/aromatic N) is 4. The van der Waals surface area contributed by atoms with E-state index in [1.165, 1.54) is 0 Å². The molecule has 1 aromatic carbocycles. The Bertz CT molecular complexity index is 1440. The Balaban J connectivity index is 1.28. The molecule has 8 nitrogen and oxygen atoms in total. The van der Waals surface area contributed by atoms with Gasteiger partial charge in [0.05, 0.1) is 35.1 Å². The van der Waals surface area contributed by atoms with Gasteiger partial charge in [-0.25, -0.2) is 4.98 Å². The van der Waals surface area contributed by atoms with Crippen molar-refractivity contribution in [3.05, 3.63) is 66.1 Å². The molecule has 2 atom stereocenters. The van der Waals surface area contributed by atoms with Gasteiger partial charge in [-0.1, -0.05) is 12.1 Å². The lowest BCUT2D eigenvalue weighted by Gasteiger charge is -2.39. The van der Waals surface area contributed by atoms with Crippen molar-refractivity contribution in [1.29, 1.82) is 0 Å². The van der Waals surface area contributed by atoms with E-state index < -0.39 is 11.8 Å². The molecule has 2 aliphatic rings. The first-order chi connectivity index (χ1) is 17.8. The maximum absolute atomic E-state index is 10.8. The highest BCUT2D eigenvalue weighted by atomic mass is 16.3. The second kappa shape index (κ2) is 9.13. The summed E-state index contributed by atoms with van der Waals surface area (Å²) >= 11 is 0. The average Bonchev–Trinajstić information content (AvgIpc) is 3.47. The van der Waals surface area contributed by atoms with E-state index in [1.54, 1.807) is 6.20 Å². The fourth-order valence-corrected chi connectivity index (χ4v) is 5.77. The standard InChI is InChI=1S/C29H34N6O2/c1-29(2,37)18-6-5-12-35(17-18)19-9-10-25(30-14-19)33-23-16-31-27(22-15-32-28(36)26(22)23)21-7-4-8-24-20(21)11-13-34(24)3/h4,7-11,13-14,16,18,28,32,36-37H,5-6,12,15,17H2,1-3H3,(H,30,33)/t18-,28?/m1/s1. The molecular formula is C29H34N6O2. The van der Waals surface area contributed by atoms with Gasteiger partial charge in [0, 0.05) is 66.4 Å². The Labute approximate surface area is 217 Å². The van der Waals surface area contributed by atoms with E-state index >= 15 is 0 Å². The van der Waals surface area contributed by atoms with Gasteiger partial charge in [0.15, 0.2) is 0 Å². The van der Waals surface area contributed by atoms with Crippen molar-refractivity contribution >= 4 is 28.1 Å². The van der Waals surface area contributed by atoms with Crippen molar-refractivity contribution in [3.63, 3.8) is 0 Å². The number of rotatable bonds is 5. The summed E-state index contributed by atoms with van der Waals surface area (Å²) in [5, 5.41) is 29.0. The minimum absolute atomic E-state index is 0.238. The van der Waals surface area contributed by atoms with Crippen molar-refractivity contribution in [2.75, 3.05) is 23.3 Å². The van der Waals surface area contributed by atoms with E-state index in [9.17, 15) is 10.2 Å². The molecule has 3 aromatic heterocycles. The molecule has 1 unspecified atom stereocenters. The van der Waals surface area contributed by atoms with E-state index in [0.717, 1.165) is 70.6 Å². The molecule has 0 radical (unpaired) electrons. The molecule has 1 fully saturated rings. The van der Waals surface area contributed by atoms with Gasteiger partial charge in [-0.2, -0.15) is 0 Å². The molecule has 192 valence electrons. The minimum atomic E-state index is -0.777. The molecule has 0 spiro atoms. The normalized spacial score (nSPS) is 19.9. The summed E-state index contributed by atoms with van der Waals surface area (Å²) in [6.07, 6.45) is 7.04. The highest BCUT2D eigenvalue weighted by Gasteiger charge is 2.32. The van der Waals surface area contributed by atoms with E-state index in [4.69, 9.17) is 4.98 Å². The highest BCUT2D eigenvalue weighted by molar-refractivity contribution is 5.96. The Hall–Kier alpha value is -3.46. The first kappa shape index (κ1) is 23.9. The van der Waals surface area contributed by atoms with Gasteiger partial charge >= 0.3 is 0 Å². The van der Waals surface area contributed by atoms with Gasteiger partial charge in [0.25, 0.3) is 0 Å². The average molecular weight is 499 g/mol. The number of nitrogens with one attached hydrogen (secondary N) is 2. The number of fused-ring (bicyclic) bond motifs is 2. The topological polar surface area (TPSA) is 98.5 Å². The van der Waals surface area contributed by atoms with Crippen LogP contribution in [0.2, 0.25) is 0 Å². The first-order valence-corrected chi connectivity index (χ1v) is 13.0. The molecule has 0 bridgehead atoms. The van der Waals surface area contributed by atoms with Gasteiger partial charge in [-0.15, -0.1) is 0 Å². The number of piperidine rings is 1. The lowest BCUT2D eigenvalue weighted by molar-refractivity contribution is 0.0110. The molecule has 0 aliphatic carbocycles. The van der Waals surface area contributed by atoms with Crippen molar-refractivity contribution in [3.8, 4) is 11.3 Å². The quantitative estimate of drug-likeness (QED) is 0.322. The van der Waals surface area contributed by atoms with E-state index in [2.05, 4.69) is 55.5 Å². The number of aliphatic hydroxyl groups is 2. The Morgan fingerprint density at radius 2 is 1.97 bits per heavy atom. The molecule has 4 aromatic rings. The number of hydrogen-bond acceptors (Lipinski definition) is 7. The van der Waals surface area contributed by atoms with Gasteiger partial charge < -0.3 is 25.0 Å². The van der Waals surface area contributed by atoms with E-state index in [-0.39, 0.29) is 5.92 Å². The van der Waals surface area contributed by atoms with Crippen LogP contribution >= 0.6 is 0 Å².